The number of nitrogens with zero attached hydrogens (tertiary/aromatic N) is 4. The third-order valence-corrected chi connectivity index (χ3v) is 5.28. The Morgan fingerprint density at radius 2 is 1.93 bits per heavy atom. The summed E-state index contributed by atoms with van der Waals surface area (Å²) in [7, 11) is 4.17. The van der Waals surface area contributed by atoms with Gasteiger partial charge < -0.3 is 9.47 Å². The highest BCUT2D eigenvalue weighted by atomic mass is 15.1. The molecular weight excluding hydrogens is 344 g/mol. The van der Waals surface area contributed by atoms with Crippen molar-refractivity contribution in [1.29, 1.82) is 0 Å². The summed E-state index contributed by atoms with van der Waals surface area (Å²) in [6.45, 7) is 10.7. The lowest BCUT2D eigenvalue weighted by molar-refractivity contribution is 0.607. The zero-order valence-electron chi connectivity index (χ0n) is 18.0. The van der Waals surface area contributed by atoms with Crippen LogP contribution in [-0.2, 0) is 6.54 Å². The Bertz CT molecular complexity index is 920. The van der Waals surface area contributed by atoms with Crippen LogP contribution in [0.15, 0.2) is 48.0 Å². The molecule has 2 aliphatic carbocycles. The van der Waals surface area contributed by atoms with E-state index in [1.807, 2.05) is 18.7 Å². The molecule has 3 rings (SSSR count). The van der Waals surface area contributed by atoms with E-state index in [-0.39, 0.29) is 0 Å². The topological polar surface area (TPSA) is 33.4 Å². The van der Waals surface area contributed by atoms with Crippen molar-refractivity contribution in [2.24, 2.45) is 4.99 Å². The first kappa shape index (κ1) is 20.1. The van der Waals surface area contributed by atoms with Crippen LogP contribution in [0.2, 0.25) is 0 Å². The Kier molecular flexibility index (Phi) is 6.18. The van der Waals surface area contributed by atoms with Crippen LogP contribution in [0.3, 0.4) is 0 Å². The smallest absolute Gasteiger partial charge is 0.131 e. The molecular formula is C24H32N4. The maximum absolute atomic E-state index is 4.98. The summed E-state index contributed by atoms with van der Waals surface area (Å²) < 4.78 is 2.10. The molecule has 0 saturated carbocycles. The van der Waals surface area contributed by atoms with Gasteiger partial charge in [0.2, 0.25) is 0 Å². The minimum Gasteiger partial charge on any atom is -0.363 e. The minimum atomic E-state index is 0.512. The SMILES string of the molecule is Cc1cc(C(=NCCCn2ccnc2)N(C)C)c2c(C)ccc(C(C)C)cc1-2. The molecule has 0 atom stereocenters. The van der Waals surface area contributed by atoms with E-state index in [0.717, 1.165) is 25.3 Å². The summed E-state index contributed by atoms with van der Waals surface area (Å²) in [6, 6.07) is 9.18. The van der Waals surface area contributed by atoms with Gasteiger partial charge in [0.15, 0.2) is 0 Å². The van der Waals surface area contributed by atoms with Gasteiger partial charge in [0.05, 0.1) is 6.33 Å². The number of hydrogen-bond donors (Lipinski definition) is 0. The molecule has 0 spiro atoms. The van der Waals surface area contributed by atoms with Gasteiger partial charge in [-0.25, -0.2) is 4.98 Å². The molecule has 4 nitrogen and oxygen atoms in total. The lowest BCUT2D eigenvalue weighted by Crippen LogP contribution is -2.23. The summed E-state index contributed by atoms with van der Waals surface area (Å²) in [5, 5.41) is 0. The summed E-state index contributed by atoms with van der Waals surface area (Å²) in [5.41, 5.74) is 7.91. The summed E-state index contributed by atoms with van der Waals surface area (Å²) in [4.78, 5) is 11.2. The Labute approximate surface area is 169 Å². The Balaban J connectivity index is 1.94. The van der Waals surface area contributed by atoms with E-state index in [0.29, 0.717) is 5.92 Å². The molecule has 28 heavy (non-hydrogen) atoms. The normalized spacial score (nSPS) is 12.2. The fraction of sp³-hybridized carbons (Fsp3) is 0.417. The van der Waals surface area contributed by atoms with E-state index in [4.69, 9.17) is 4.99 Å². The van der Waals surface area contributed by atoms with Gasteiger partial charge in [-0.15, -0.1) is 0 Å². The van der Waals surface area contributed by atoms with Crippen molar-refractivity contribution in [2.75, 3.05) is 20.6 Å². The zero-order valence-corrected chi connectivity index (χ0v) is 18.0. The summed E-state index contributed by atoms with van der Waals surface area (Å²) in [6.07, 6.45) is 6.68. The number of rotatable bonds is 6. The van der Waals surface area contributed by atoms with Crippen LogP contribution >= 0.6 is 0 Å². The van der Waals surface area contributed by atoms with Gasteiger partial charge in [-0.1, -0.05) is 32.0 Å². The molecule has 148 valence electrons. The van der Waals surface area contributed by atoms with Crippen molar-refractivity contribution in [1.82, 2.24) is 14.5 Å². The maximum atomic E-state index is 4.98. The van der Waals surface area contributed by atoms with E-state index >= 15 is 0 Å². The standard InChI is InChI=1S/C24H32N4/c1-17(2)20-9-8-18(3)23-21(15-20)19(4)14-22(23)24(27(5)6)26-10-7-12-28-13-11-25-16-28/h8-9,11,13-17H,7,10,12H2,1-6H3. The van der Waals surface area contributed by atoms with Gasteiger partial charge in [-0.05, 0) is 60.1 Å². The first-order valence-electron chi connectivity index (χ1n) is 10.1. The van der Waals surface area contributed by atoms with Crippen LogP contribution in [0.1, 0.15) is 48.4 Å². The van der Waals surface area contributed by atoms with Gasteiger partial charge in [-0.3, -0.25) is 4.99 Å². The second-order valence-electron chi connectivity index (χ2n) is 8.10. The van der Waals surface area contributed by atoms with E-state index in [9.17, 15) is 0 Å². The van der Waals surface area contributed by atoms with Gasteiger partial charge in [0.25, 0.3) is 0 Å². The second kappa shape index (κ2) is 8.59. The van der Waals surface area contributed by atoms with Gasteiger partial charge in [0, 0.05) is 45.1 Å². The third-order valence-electron chi connectivity index (χ3n) is 5.28. The fourth-order valence-corrected chi connectivity index (χ4v) is 3.70. The molecule has 0 radical (unpaired) electrons. The molecule has 0 saturated heterocycles. The van der Waals surface area contributed by atoms with Gasteiger partial charge >= 0.3 is 0 Å². The molecule has 2 aliphatic rings. The molecule has 0 aromatic carbocycles. The van der Waals surface area contributed by atoms with Crippen molar-refractivity contribution in [3.05, 3.63) is 65.2 Å². The molecule has 1 aromatic rings. The van der Waals surface area contributed by atoms with E-state index in [1.54, 1.807) is 0 Å². The van der Waals surface area contributed by atoms with Crippen LogP contribution < -0.4 is 0 Å². The predicted molar refractivity (Wildman–Crippen MR) is 119 cm³/mol. The summed E-state index contributed by atoms with van der Waals surface area (Å²) >= 11 is 0. The highest BCUT2D eigenvalue weighted by molar-refractivity contribution is 6.07. The lowest BCUT2D eigenvalue weighted by Gasteiger charge is -2.17. The molecule has 0 aliphatic heterocycles. The van der Waals surface area contributed by atoms with Crippen molar-refractivity contribution >= 4 is 5.84 Å². The van der Waals surface area contributed by atoms with Crippen molar-refractivity contribution in [2.45, 2.75) is 46.6 Å². The second-order valence-corrected chi connectivity index (χ2v) is 8.10. The molecule has 1 heterocycles. The third kappa shape index (κ3) is 4.27. The number of aryl methyl sites for hydroxylation is 3. The highest BCUT2D eigenvalue weighted by Crippen LogP contribution is 2.36. The van der Waals surface area contributed by atoms with Crippen LogP contribution in [0.5, 0.6) is 0 Å². The molecule has 0 unspecified atom stereocenters. The van der Waals surface area contributed by atoms with Crippen LogP contribution in [-0.4, -0.2) is 40.9 Å². The van der Waals surface area contributed by atoms with Crippen molar-refractivity contribution < 1.29 is 0 Å². The average molecular weight is 377 g/mol. The highest BCUT2D eigenvalue weighted by Gasteiger charge is 2.20. The van der Waals surface area contributed by atoms with Crippen molar-refractivity contribution in [3.8, 4) is 11.1 Å². The molecule has 1 aromatic heterocycles. The molecule has 0 bridgehead atoms. The van der Waals surface area contributed by atoms with Crippen LogP contribution in [0.25, 0.3) is 11.1 Å². The lowest BCUT2D eigenvalue weighted by atomic mass is 10.00. The Hall–Kier alpha value is -2.62. The molecule has 0 N–H and O–H groups in total. The minimum absolute atomic E-state index is 0.512. The van der Waals surface area contributed by atoms with Gasteiger partial charge in [0.1, 0.15) is 5.84 Å². The number of aromatic nitrogens is 2. The zero-order chi connectivity index (χ0) is 20.3. The first-order valence-corrected chi connectivity index (χ1v) is 10.1. The molecule has 0 fully saturated rings. The monoisotopic (exact) mass is 376 g/mol. The summed E-state index contributed by atoms with van der Waals surface area (Å²) in [5.74, 6) is 1.57. The van der Waals surface area contributed by atoms with Crippen LogP contribution in [0, 0.1) is 13.8 Å². The van der Waals surface area contributed by atoms with Gasteiger partial charge in [-0.2, -0.15) is 0 Å². The Morgan fingerprint density at radius 3 is 2.57 bits per heavy atom. The quantitative estimate of drug-likeness (QED) is 0.340. The van der Waals surface area contributed by atoms with E-state index < -0.39 is 0 Å². The van der Waals surface area contributed by atoms with Crippen molar-refractivity contribution in [3.63, 3.8) is 0 Å². The van der Waals surface area contributed by atoms with E-state index in [2.05, 4.69) is 80.5 Å². The predicted octanol–water partition coefficient (Wildman–Crippen LogP) is 5.13. The number of hydrogen-bond acceptors (Lipinski definition) is 2. The Morgan fingerprint density at radius 1 is 1.14 bits per heavy atom. The molecule has 0 amide bonds. The largest absolute Gasteiger partial charge is 0.363 e. The van der Waals surface area contributed by atoms with E-state index in [1.165, 1.54) is 33.4 Å². The fourth-order valence-electron chi connectivity index (χ4n) is 3.70. The number of aliphatic imine (C=N–C) groups is 1. The first-order chi connectivity index (χ1) is 13.4. The number of imidazole rings is 1. The molecule has 4 heteroatoms. The number of fused-ring (bicyclic) bond motifs is 1. The maximum Gasteiger partial charge on any atom is 0.131 e. The average Bonchev–Trinajstić information content (AvgIpc) is 3.21. The van der Waals surface area contributed by atoms with Crippen LogP contribution in [0.4, 0.5) is 0 Å². The number of amidine groups is 1.